The highest BCUT2D eigenvalue weighted by molar-refractivity contribution is 7.60. The molecule has 0 N–H and O–H groups in total. The average molecular weight is 321 g/mol. The van der Waals surface area contributed by atoms with Crippen LogP contribution in [-0.2, 0) is 0 Å². The Hall–Kier alpha value is 2.10. The second-order valence-corrected chi connectivity index (χ2v) is 3.46. The molecule has 0 aliphatic heterocycles. The molecule has 0 aromatic heterocycles. The topological polar surface area (TPSA) is 0 Å². The maximum absolute atomic E-state index is 2.17. The minimum atomic E-state index is 0. The first-order valence-electron chi connectivity index (χ1n) is 3.46. The largest absolute Gasteiger partial charge is 0.197 e. The molecule has 0 amide bonds. The van der Waals surface area contributed by atoms with E-state index >= 15 is 0 Å². The van der Waals surface area contributed by atoms with Crippen molar-refractivity contribution in [3.05, 3.63) is 0 Å². The molecule has 0 rings (SSSR count). The van der Waals surface area contributed by atoms with Crippen LogP contribution in [0.25, 0.3) is 0 Å². The molecule has 0 fully saturated rings. The third-order valence-electron chi connectivity index (χ3n) is 0. The lowest BCUT2D eigenvalue weighted by atomic mass is 10.3. The van der Waals surface area contributed by atoms with E-state index in [0.29, 0.717) is 0 Å². The van der Waals surface area contributed by atoms with Crippen molar-refractivity contribution in [2.45, 2.75) is 41.5 Å². The molecule has 14 heavy (non-hydrogen) atoms. The quantitative estimate of drug-likeness (QED) is 0.633. The van der Waals surface area contributed by atoms with Crippen molar-refractivity contribution in [2.75, 3.05) is 0 Å². The predicted molar refractivity (Wildman–Crippen MR) is 103 cm³/mol. The highest BCUT2D eigenvalue weighted by atomic mass is 32.1. The van der Waals surface area contributed by atoms with Crippen molar-refractivity contribution in [3.8, 4) is 0 Å². The van der Waals surface area contributed by atoms with Gasteiger partial charge in [-0.1, -0.05) is 41.5 Å². The van der Waals surface area contributed by atoms with Gasteiger partial charge in [0.15, 0.2) is 0 Å². The summed E-state index contributed by atoms with van der Waals surface area (Å²) in [6, 6.07) is 0. The summed E-state index contributed by atoms with van der Waals surface area (Å²) in [7, 11) is 0. The van der Waals surface area contributed by atoms with Crippen molar-refractivity contribution in [1.82, 2.24) is 0 Å². The standard InChI is InChI=1S/2C4H10.6H2S/c2*1-4(2)3;;;;;;/h2*4H,1-3H3;6*1H2. The summed E-state index contributed by atoms with van der Waals surface area (Å²) >= 11 is 0. The lowest BCUT2D eigenvalue weighted by molar-refractivity contribution is 0.736. The first kappa shape index (κ1) is 56.0. The maximum atomic E-state index is 2.17. The highest BCUT2D eigenvalue weighted by Crippen LogP contribution is 1.81. The molecule has 0 saturated carbocycles. The SMILES string of the molecule is CC(C)C.CC(C)C.S.S.S.S.S.S. The maximum Gasteiger partial charge on any atom is -0.0500 e. The molecule has 0 aromatic carbocycles. The van der Waals surface area contributed by atoms with Crippen LogP contribution in [0.3, 0.4) is 0 Å². The van der Waals surface area contributed by atoms with Gasteiger partial charge in [0.2, 0.25) is 0 Å². The molecule has 0 aliphatic rings. The van der Waals surface area contributed by atoms with Gasteiger partial charge >= 0.3 is 0 Å². The molecule has 0 atom stereocenters. The Kier molecular flexibility index (Phi) is 183. The molecule has 100 valence electrons. The van der Waals surface area contributed by atoms with Crippen LogP contribution < -0.4 is 0 Å². The fourth-order valence-corrected chi connectivity index (χ4v) is 0. The first-order chi connectivity index (χ1) is 3.46. The van der Waals surface area contributed by atoms with Crippen LogP contribution in [0.15, 0.2) is 0 Å². The Morgan fingerprint density at radius 3 is 0.357 bits per heavy atom. The van der Waals surface area contributed by atoms with Crippen LogP contribution >= 0.6 is 81.0 Å². The van der Waals surface area contributed by atoms with E-state index < -0.39 is 0 Å². The summed E-state index contributed by atoms with van der Waals surface area (Å²) in [5.74, 6) is 1.67. The van der Waals surface area contributed by atoms with Gasteiger partial charge in [-0.15, -0.1) is 0 Å². The zero-order valence-electron chi connectivity index (χ0n) is 10.2. The van der Waals surface area contributed by atoms with Crippen molar-refractivity contribution in [1.29, 1.82) is 0 Å². The van der Waals surface area contributed by atoms with Gasteiger partial charge in [-0.25, -0.2) is 0 Å². The van der Waals surface area contributed by atoms with Crippen molar-refractivity contribution < 1.29 is 0 Å². The summed E-state index contributed by atoms with van der Waals surface area (Å²) in [6.07, 6.45) is 0. The summed E-state index contributed by atoms with van der Waals surface area (Å²) in [6.45, 7) is 13.0. The zero-order chi connectivity index (χ0) is 7.15. The van der Waals surface area contributed by atoms with E-state index in [1.807, 2.05) is 0 Å². The Balaban J connectivity index is -0.00000000600. The molecule has 0 unspecified atom stereocenters. The summed E-state index contributed by atoms with van der Waals surface area (Å²) in [4.78, 5) is 0. The normalized spacial score (nSPS) is 5.14. The van der Waals surface area contributed by atoms with Crippen LogP contribution in [0.1, 0.15) is 41.5 Å². The van der Waals surface area contributed by atoms with Crippen LogP contribution in [0, 0.1) is 11.8 Å². The monoisotopic (exact) mass is 320 g/mol. The van der Waals surface area contributed by atoms with Gasteiger partial charge in [-0.2, -0.15) is 81.0 Å². The van der Waals surface area contributed by atoms with Crippen molar-refractivity contribution in [2.24, 2.45) is 11.8 Å². The third-order valence-corrected chi connectivity index (χ3v) is 0. The molecule has 0 heterocycles. The fourth-order valence-electron chi connectivity index (χ4n) is 0. The van der Waals surface area contributed by atoms with Crippen molar-refractivity contribution in [3.63, 3.8) is 0 Å². The summed E-state index contributed by atoms with van der Waals surface area (Å²) in [5, 5.41) is 0. The second-order valence-electron chi connectivity index (χ2n) is 3.46. The molecular weight excluding hydrogens is 288 g/mol. The van der Waals surface area contributed by atoms with E-state index in [1.165, 1.54) is 0 Å². The van der Waals surface area contributed by atoms with Gasteiger partial charge in [0.25, 0.3) is 0 Å². The highest BCUT2D eigenvalue weighted by Gasteiger charge is 1.68. The molecular formula is C8H32S6. The molecule has 0 saturated heterocycles. The van der Waals surface area contributed by atoms with Crippen LogP contribution in [0.5, 0.6) is 0 Å². The Bertz CT molecular complexity index is 29.3. The van der Waals surface area contributed by atoms with E-state index in [9.17, 15) is 0 Å². The molecule has 0 bridgehead atoms. The van der Waals surface area contributed by atoms with Crippen LogP contribution in [0.2, 0.25) is 0 Å². The lowest BCUT2D eigenvalue weighted by Gasteiger charge is -1.79. The lowest BCUT2D eigenvalue weighted by Crippen LogP contribution is -1.66. The van der Waals surface area contributed by atoms with E-state index in [0.717, 1.165) is 11.8 Å². The Labute approximate surface area is 133 Å². The fraction of sp³-hybridized carbons (Fsp3) is 1.00. The van der Waals surface area contributed by atoms with E-state index in [1.54, 1.807) is 0 Å². The van der Waals surface area contributed by atoms with Gasteiger partial charge in [-0.05, 0) is 11.8 Å². The zero-order valence-corrected chi connectivity index (χ0v) is 16.2. The van der Waals surface area contributed by atoms with Gasteiger partial charge in [-0.3, -0.25) is 0 Å². The van der Waals surface area contributed by atoms with Gasteiger partial charge in [0, 0.05) is 0 Å². The molecule has 6 heteroatoms. The van der Waals surface area contributed by atoms with Gasteiger partial charge in [0.1, 0.15) is 0 Å². The molecule has 0 nitrogen and oxygen atoms in total. The Morgan fingerprint density at radius 1 is 0.357 bits per heavy atom. The van der Waals surface area contributed by atoms with E-state index in [-0.39, 0.29) is 81.0 Å². The van der Waals surface area contributed by atoms with Crippen molar-refractivity contribution >= 4 is 81.0 Å². The van der Waals surface area contributed by atoms with E-state index in [2.05, 4.69) is 41.5 Å². The van der Waals surface area contributed by atoms with Crippen LogP contribution in [0.4, 0.5) is 0 Å². The minimum absolute atomic E-state index is 0. The average Bonchev–Trinajstić information content (AvgIpc) is 1.25. The molecule has 0 aromatic rings. The number of hydrogen-bond donors (Lipinski definition) is 0. The first-order valence-corrected chi connectivity index (χ1v) is 3.46. The smallest absolute Gasteiger partial charge is 0.0500 e. The summed E-state index contributed by atoms with van der Waals surface area (Å²) < 4.78 is 0. The third kappa shape index (κ3) is 549. The van der Waals surface area contributed by atoms with Gasteiger partial charge < -0.3 is 0 Å². The predicted octanol–water partition coefficient (Wildman–Crippen LogP) is 4.00. The minimum Gasteiger partial charge on any atom is -0.197 e. The molecule has 0 radical (unpaired) electrons. The van der Waals surface area contributed by atoms with Gasteiger partial charge in [0.05, 0.1) is 0 Å². The molecule has 0 spiro atoms. The number of hydrogen-bond acceptors (Lipinski definition) is 0. The molecule has 0 aliphatic carbocycles. The van der Waals surface area contributed by atoms with Crippen LogP contribution in [-0.4, -0.2) is 0 Å². The van der Waals surface area contributed by atoms with E-state index in [4.69, 9.17) is 0 Å². The second kappa shape index (κ2) is 45.8. The summed E-state index contributed by atoms with van der Waals surface area (Å²) in [5.41, 5.74) is 0. The number of rotatable bonds is 0. The Morgan fingerprint density at radius 2 is 0.357 bits per heavy atom.